The van der Waals surface area contributed by atoms with Crippen molar-refractivity contribution in [2.45, 2.75) is 13.0 Å². The molecule has 0 aliphatic carbocycles. The van der Waals surface area contributed by atoms with Gasteiger partial charge in [0.1, 0.15) is 5.82 Å². The van der Waals surface area contributed by atoms with Gasteiger partial charge in [-0.2, -0.15) is 0 Å². The molecule has 0 unspecified atom stereocenters. The van der Waals surface area contributed by atoms with Crippen LogP contribution in [-0.2, 0) is 14.3 Å². The quantitative estimate of drug-likeness (QED) is 0.541. The fourth-order valence-electron chi connectivity index (χ4n) is 4.02. The van der Waals surface area contributed by atoms with Gasteiger partial charge < -0.3 is 24.4 Å². The second-order valence-corrected chi connectivity index (χ2v) is 7.53. The molecule has 0 bridgehead atoms. The number of anilines is 1. The van der Waals surface area contributed by atoms with Crippen molar-refractivity contribution in [1.29, 1.82) is 0 Å². The van der Waals surface area contributed by atoms with E-state index in [4.69, 9.17) is 14.2 Å². The number of esters is 1. The molecule has 1 saturated heterocycles. The summed E-state index contributed by atoms with van der Waals surface area (Å²) in [6.07, 6.45) is 0. The standard InChI is InChI=1S/C23H26FN3O5/c1-2-30-23(29)22(28)25-14-19(16-7-8-20-21(13-16)32-15-31-20)27-11-9-26(10-12-27)18-6-4-3-5-17(18)24/h3-8,13,19H,2,9-12,14-15H2,1H3,(H,25,28)/t19-/m1/s1. The summed E-state index contributed by atoms with van der Waals surface area (Å²) in [5, 5.41) is 2.68. The van der Waals surface area contributed by atoms with Gasteiger partial charge in [-0.15, -0.1) is 0 Å². The summed E-state index contributed by atoms with van der Waals surface area (Å²) >= 11 is 0. The van der Waals surface area contributed by atoms with Gasteiger partial charge in [-0.1, -0.05) is 18.2 Å². The molecule has 0 radical (unpaired) electrons. The molecule has 4 rings (SSSR count). The molecule has 1 N–H and O–H groups in total. The summed E-state index contributed by atoms with van der Waals surface area (Å²) < 4.78 is 29.9. The minimum Gasteiger partial charge on any atom is -0.459 e. The number of carbonyl (C=O) groups is 2. The number of piperazine rings is 1. The third-order valence-electron chi connectivity index (χ3n) is 5.65. The molecular weight excluding hydrogens is 417 g/mol. The number of para-hydroxylation sites is 1. The monoisotopic (exact) mass is 443 g/mol. The summed E-state index contributed by atoms with van der Waals surface area (Å²) in [6.45, 7) is 4.75. The van der Waals surface area contributed by atoms with Crippen molar-refractivity contribution in [2.24, 2.45) is 0 Å². The Morgan fingerprint density at radius 1 is 1.09 bits per heavy atom. The number of benzene rings is 2. The van der Waals surface area contributed by atoms with Crippen molar-refractivity contribution in [3.05, 3.63) is 53.8 Å². The predicted octanol–water partition coefficient (Wildman–Crippen LogP) is 2.10. The fraction of sp³-hybridized carbons (Fsp3) is 0.391. The number of hydrogen-bond donors (Lipinski definition) is 1. The molecule has 1 atom stereocenters. The minimum absolute atomic E-state index is 0.135. The zero-order valence-corrected chi connectivity index (χ0v) is 17.9. The Kier molecular flexibility index (Phi) is 6.75. The van der Waals surface area contributed by atoms with Gasteiger partial charge in [0.15, 0.2) is 11.5 Å². The van der Waals surface area contributed by atoms with Crippen molar-refractivity contribution in [2.75, 3.05) is 51.0 Å². The van der Waals surface area contributed by atoms with Crippen LogP contribution in [0, 0.1) is 5.82 Å². The topological polar surface area (TPSA) is 80.3 Å². The van der Waals surface area contributed by atoms with Gasteiger partial charge in [0, 0.05) is 32.7 Å². The van der Waals surface area contributed by atoms with Crippen molar-refractivity contribution in [3.63, 3.8) is 0 Å². The first-order valence-electron chi connectivity index (χ1n) is 10.6. The summed E-state index contributed by atoms with van der Waals surface area (Å²) in [6, 6.07) is 12.2. The van der Waals surface area contributed by atoms with Gasteiger partial charge in [-0.25, -0.2) is 9.18 Å². The van der Waals surface area contributed by atoms with Gasteiger partial charge >= 0.3 is 11.9 Å². The van der Waals surface area contributed by atoms with E-state index in [9.17, 15) is 14.0 Å². The summed E-state index contributed by atoms with van der Waals surface area (Å²) in [4.78, 5) is 28.1. The number of rotatable bonds is 6. The minimum atomic E-state index is -0.902. The first-order chi connectivity index (χ1) is 15.6. The molecule has 170 valence electrons. The molecule has 9 heteroatoms. The lowest BCUT2D eigenvalue weighted by Gasteiger charge is -2.40. The average molecular weight is 443 g/mol. The second-order valence-electron chi connectivity index (χ2n) is 7.53. The molecule has 2 aromatic carbocycles. The number of nitrogens with zero attached hydrogens (tertiary/aromatic N) is 2. The molecule has 1 fully saturated rings. The highest BCUT2D eigenvalue weighted by Crippen LogP contribution is 2.36. The molecule has 32 heavy (non-hydrogen) atoms. The van der Waals surface area contributed by atoms with Gasteiger partial charge in [0.05, 0.1) is 18.3 Å². The van der Waals surface area contributed by atoms with Gasteiger partial charge in [-0.3, -0.25) is 9.69 Å². The predicted molar refractivity (Wildman–Crippen MR) is 115 cm³/mol. The first kappa shape index (κ1) is 21.9. The molecule has 8 nitrogen and oxygen atoms in total. The van der Waals surface area contributed by atoms with Crippen LogP contribution >= 0.6 is 0 Å². The Morgan fingerprint density at radius 3 is 2.59 bits per heavy atom. The van der Waals surface area contributed by atoms with E-state index >= 15 is 0 Å². The Balaban J connectivity index is 1.48. The van der Waals surface area contributed by atoms with E-state index in [0.717, 1.165) is 5.56 Å². The number of carbonyl (C=O) groups excluding carboxylic acids is 2. The van der Waals surface area contributed by atoms with Crippen molar-refractivity contribution >= 4 is 17.6 Å². The molecule has 0 spiro atoms. The van der Waals surface area contributed by atoms with Crippen molar-refractivity contribution < 1.29 is 28.2 Å². The third-order valence-corrected chi connectivity index (χ3v) is 5.65. The second kappa shape index (κ2) is 9.86. The van der Waals surface area contributed by atoms with Gasteiger partial charge in [0.25, 0.3) is 0 Å². The van der Waals surface area contributed by atoms with E-state index < -0.39 is 11.9 Å². The van der Waals surface area contributed by atoms with Crippen LogP contribution < -0.4 is 19.7 Å². The molecule has 0 aromatic heterocycles. The Morgan fingerprint density at radius 2 is 1.84 bits per heavy atom. The van der Waals surface area contributed by atoms with E-state index in [2.05, 4.69) is 10.2 Å². The van der Waals surface area contributed by atoms with Crippen LogP contribution in [0.5, 0.6) is 11.5 Å². The first-order valence-corrected chi connectivity index (χ1v) is 10.6. The maximum Gasteiger partial charge on any atom is 0.396 e. The fourth-order valence-corrected chi connectivity index (χ4v) is 4.02. The van der Waals surface area contributed by atoms with E-state index in [1.807, 2.05) is 29.2 Å². The lowest BCUT2D eigenvalue weighted by Crippen LogP contribution is -2.50. The largest absolute Gasteiger partial charge is 0.459 e. The maximum atomic E-state index is 14.2. The zero-order valence-electron chi connectivity index (χ0n) is 17.9. The summed E-state index contributed by atoms with van der Waals surface area (Å²) in [5.41, 5.74) is 1.51. The number of fused-ring (bicyclic) bond motifs is 1. The van der Waals surface area contributed by atoms with E-state index in [0.29, 0.717) is 43.4 Å². The smallest absolute Gasteiger partial charge is 0.396 e. The number of amides is 1. The Hall–Kier alpha value is -3.33. The van der Waals surface area contributed by atoms with E-state index in [1.165, 1.54) is 6.07 Å². The molecular formula is C23H26FN3O5. The highest BCUT2D eigenvalue weighted by Gasteiger charge is 2.29. The highest BCUT2D eigenvalue weighted by atomic mass is 19.1. The van der Waals surface area contributed by atoms with E-state index in [1.54, 1.807) is 19.1 Å². The number of halogens is 1. The van der Waals surface area contributed by atoms with Crippen LogP contribution in [0.2, 0.25) is 0 Å². The lowest BCUT2D eigenvalue weighted by molar-refractivity contribution is -0.154. The zero-order chi connectivity index (χ0) is 22.5. The van der Waals surface area contributed by atoms with Crippen molar-refractivity contribution in [1.82, 2.24) is 10.2 Å². The number of ether oxygens (including phenoxy) is 3. The normalized spacial score (nSPS) is 16.5. The van der Waals surface area contributed by atoms with Crippen LogP contribution in [0.3, 0.4) is 0 Å². The Bertz CT molecular complexity index is 978. The van der Waals surface area contributed by atoms with Gasteiger partial charge in [-0.05, 0) is 36.8 Å². The molecule has 2 heterocycles. The van der Waals surface area contributed by atoms with E-state index in [-0.39, 0.29) is 31.8 Å². The molecule has 2 aromatic rings. The van der Waals surface area contributed by atoms with Crippen LogP contribution in [0.1, 0.15) is 18.5 Å². The molecule has 2 aliphatic rings. The van der Waals surface area contributed by atoms with Crippen LogP contribution in [-0.4, -0.2) is 62.9 Å². The van der Waals surface area contributed by atoms with Crippen LogP contribution in [0.25, 0.3) is 0 Å². The number of hydrogen-bond acceptors (Lipinski definition) is 7. The van der Waals surface area contributed by atoms with Crippen molar-refractivity contribution in [3.8, 4) is 11.5 Å². The summed E-state index contributed by atoms with van der Waals surface area (Å²) in [5.74, 6) is -0.597. The Labute approximate surface area is 185 Å². The maximum absolute atomic E-state index is 14.2. The van der Waals surface area contributed by atoms with Gasteiger partial charge in [0.2, 0.25) is 6.79 Å². The average Bonchev–Trinajstić information content (AvgIpc) is 3.28. The third kappa shape index (κ3) is 4.77. The SMILES string of the molecule is CCOC(=O)C(=O)NC[C@H](c1ccc2c(c1)OCO2)N1CCN(c2ccccc2F)CC1. The lowest BCUT2D eigenvalue weighted by atomic mass is 10.0. The van der Waals surface area contributed by atoms with Crippen LogP contribution in [0.15, 0.2) is 42.5 Å². The molecule has 2 aliphatic heterocycles. The number of nitrogens with one attached hydrogen (secondary N) is 1. The highest BCUT2D eigenvalue weighted by molar-refractivity contribution is 6.32. The summed E-state index contributed by atoms with van der Waals surface area (Å²) in [7, 11) is 0. The van der Waals surface area contributed by atoms with Crippen LogP contribution in [0.4, 0.5) is 10.1 Å². The molecule has 0 saturated carbocycles. The molecule has 1 amide bonds.